The molecule has 0 saturated carbocycles. The minimum Gasteiger partial charge on any atom is -2.00 e. The first-order chi connectivity index (χ1) is 0. The maximum absolute atomic E-state index is 0. The zero-order chi connectivity index (χ0) is 0. The van der Waals surface area contributed by atoms with Crippen molar-refractivity contribution in [1.29, 1.82) is 0 Å². The quantitative estimate of drug-likeness (QED) is 0.271. The third kappa shape index (κ3) is 37.4. The van der Waals surface area contributed by atoms with E-state index in [2.05, 4.69) is 0 Å². The maximum atomic E-state index is 0. The van der Waals surface area contributed by atoms with Gasteiger partial charge in [-0.2, -0.15) is 0 Å². The molecule has 0 aromatic rings. The molecule has 0 N–H and O–H groups in total. The topological polar surface area (TPSA) is 0 Å². The van der Waals surface area contributed by atoms with Crippen molar-refractivity contribution in [1.82, 2.24) is 0 Å². The second-order valence-electron chi connectivity index (χ2n) is 0. The van der Waals surface area contributed by atoms with Crippen LogP contribution < -0.4 is 0 Å². The van der Waals surface area contributed by atoms with Crippen molar-refractivity contribution in [2.45, 2.75) is 0 Å². The average Bonchev–Trinajstić information content (AvgIpc) is 0. The first-order valence-corrected chi connectivity index (χ1v) is 0. The molecule has 0 aliphatic rings. The summed E-state index contributed by atoms with van der Waals surface area (Å²) in [6.07, 6.45) is 0. The van der Waals surface area contributed by atoms with Crippen molar-refractivity contribution >= 4 is 114 Å². The molecule has 0 aliphatic carbocycles. The van der Waals surface area contributed by atoms with Gasteiger partial charge in [0.25, 0.3) is 0 Å². The molecule has 0 bridgehead atoms. The van der Waals surface area contributed by atoms with Crippen LogP contribution in [0.15, 0.2) is 0 Å². The van der Waals surface area contributed by atoms with E-state index < -0.39 is 0 Å². The van der Waals surface area contributed by atoms with Gasteiger partial charge in [0.1, 0.15) is 0 Å². The van der Waals surface area contributed by atoms with Gasteiger partial charge in [-0.05, 0) is 0 Å². The molecule has 0 saturated heterocycles. The van der Waals surface area contributed by atoms with Gasteiger partial charge in [0.05, 0.1) is 0 Å². The first kappa shape index (κ1) is 62.5. The standard InChI is InChI=1S/Cd.Ga.In.4Se/q+2;2*+3;4*-2. The molecule has 7 heteroatoms. The Balaban J connectivity index is 0. The Morgan fingerprint density at radius 3 is 0.571 bits per heavy atom. The summed E-state index contributed by atoms with van der Waals surface area (Å²) in [5, 5.41) is 0. The molecule has 0 radical (unpaired) electrons. The second-order valence-corrected chi connectivity index (χ2v) is 0. The van der Waals surface area contributed by atoms with Gasteiger partial charge in [0.2, 0.25) is 0 Å². The summed E-state index contributed by atoms with van der Waals surface area (Å²) in [5.74, 6) is 0. The van der Waals surface area contributed by atoms with E-state index in [-0.39, 0.29) is 141 Å². The van der Waals surface area contributed by atoms with Crippen LogP contribution in [0.4, 0.5) is 0 Å². The van der Waals surface area contributed by atoms with Gasteiger partial charge >= 0.3 is 72.9 Å². The van der Waals surface area contributed by atoms with Crippen LogP contribution in [0.2, 0.25) is 0 Å². The molecule has 0 amide bonds. The van der Waals surface area contributed by atoms with Crippen LogP contribution >= 0.6 is 0 Å². The van der Waals surface area contributed by atoms with E-state index >= 15 is 0 Å². The van der Waals surface area contributed by atoms with Crippen molar-refractivity contribution in [2.75, 3.05) is 0 Å². The van der Waals surface area contributed by atoms with E-state index in [9.17, 15) is 0 Å². The SMILES string of the molecule is [Cd+2].[Ga+3].[In+3].[Se-2].[Se-2].[Se-2].[Se-2]. The van der Waals surface area contributed by atoms with E-state index in [0.717, 1.165) is 0 Å². The van der Waals surface area contributed by atoms with Crippen molar-refractivity contribution in [3.63, 3.8) is 0 Å². The van der Waals surface area contributed by atoms with E-state index in [1.54, 1.807) is 0 Å². The van der Waals surface area contributed by atoms with Crippen molar-refractivity contribution in [2.24, 2.45) is 0 Å². The van der Waals surface area contributed by atoms with Gasteiger partial charge in [0.15, 0.2) is 0 Å². The number of rotatable bonds is 0. The van der Waals surface area contributed by atoms with Crippen LogP contribution in [0.1, 0.15) is 0 Å². The van der Waals surface area contributed by atoms with Crippen LogP contribution in [0.5, 0.6) is 0 Å². The summed E-state index contributed by atoms with van der Waals surface area (Å²) in [4.78, 5) is 0. The zero-order valence-corrected chi connectivity index (χ0v) is 20.1. The minimum atomic E-state index is 0. The van der Waals surface area contributed by atoms with Gasteiger partial charge in [-0.15, -0.1) is 0 Å². The molecule has 0 unspecified atom stereocenters. The summed E-state index contributed by atoms with van der Waals surface area (Å²) in [6, 6.07) is 0. The second kappa shape index (κ2) is 46.8. The van der Waals surface area contributed by atoms with Crippen molar-refractivity contribution in [3.8, 4) is 0 Å². The molecule has 0 fully saturated rings. The third-order valence-electron chi connectivity index (χ3n) is 0. The van der Waals surface area contributed by atoms with E-state index in [0.29, 0.717) is 0 Å². The molecule has 0 aromatic heterocycles. The predicted molar refractivity (Wildman–Crippen MR) is 34.5 cm³/mol. The molecule has 0 aliphatic heterocycles. The fourth-order valence-corrected chi connectivity index (χ4v) is 0. The summed E-state index contributed by atoms with van der Waals surface area (Å²) >= 11 is 0. The largest absolute Gasteiger partial charge is 3.00 e. The fraction of sp³-hybridized carbons (Fsp3) is 0. The van der Waals surface area contributed by atoms with E-state index in [4.69, 9.17) is 0 Å². The van der Waals surface area contributed by atoms with Crippen LogP contribution in [0.3, 0.4) is 0 Å². The van der Waals surface area contributed by atoms with E-state index in [1.807, 2.05) is 0 Å². The molecule has 0 rings (SSSR count). The van der Waals surface area contributed by atoms with Gasteiger partial charge in [-0.3, -0.25) is 0 Å². The zero-order valence-electron chi connectivity index (χ0n) is 3.49. The Morgan fingerprint density at radius 1 is 0.571 bits per heavy atom. The summed E-state index contributed by atoms with van der Waals surface area (Å²) in [6.45, 7) is 0. The smallest absolute Gasteiger partial charge is 2.00 e. The fourth-order valence-electron chi connectivity index (χ4n) is 0. The number of hydrogen-bond donors (Lipinski definition) is 0. The van der Waals surface area contributed by atoms with Crippen molar-refractivity contribution in [3.05, 3.63) is 0 Å². The van der Waals surface area contributed by atoms with Crippen LogP contribution in [0, 0.1) is 0 Å². The Hall–Kier alpha value is 4.51. The van der Waals surface area contributed by atoms with Gasteiger partial charge in [0, 0.05) is 0 Å². The molecule has 0 aromatic carbocycles. The molecule has 0 nitrogen and oxygen atoms in total. The minimum absolute atomic E-state index is 0. The van der Waals surface area contributed by atoms with Gasteiger partial charge in [-0.1, -0.05) is 0 Å². The molecule has 7 heavy (non-hydrogen) atoms. The molecule has 0 heterocycles. The predicted octanol–water partition coefficient (Wildman–Crippen LogP) is -2.29. The van der Waals surface area contributed by atoms with E-state index in [1.165, 1.54) is 0 Å². The summed E-state index contributed by atoms with van der Waals surface area (Å²) < 4.78 is 0. The van der Waals surface area contributed by atoms with Crippen LogP contribution in [-0.2, 0) is 27.3 Å². The first-order valence-electron chi connectivity index (χ1n) is 0. The molecule has 0 atom stereocenters. The molecule has 32 valence electrons. The molecule has 0 spiro atoms. The Bertz CT molecular complexity index is 11.7. The third-order valence-corrected chi connectivity index (χ3v) is 0. The maximum Gasteiger partial charge on any atom is 3.00 e. The molecular weight excluding hydrogens is 613 g/mol. The molecular formula is CdGaInSe4. The monoisotopic (exact) mass is 617 g/mol. The Morgan fingerprint density at radius 2 is 0.571 bits per heavy atom. The summed E-state index contributed by atoms with van der Waals surface area (Å²) in [5.41, 5.74) is 0. The Kier molecular flexibility index (Phi) is 418. The van der Waals surface area contributed by atoms with Crippen LogP contribution in [0.25, 0.3) is 0 Å². The average molecular weight is 613 g/mol. The van der Waals surface area contributed by atoms with Gasteiger partial charge in [-0.25, -0.2) is 0 Å². The normalized spacial score (nSPS) is 0. The Labute approximate surface area is 138 Å². The van der Waals surface area contributed by atoms with Crippen LogP contribution in [-0.4, -0.2) is 114 Å². The van der Waals surface area contributed by atoms with Gasteiger partial charge < -0.3 is 68.3 Å². The number of hydrogen-bond acceptors (Lipinski definition) is 0. The summed E-state index contributed by atoms with van der Waals surface area (Å²) in [7, 11) is 0. The van der Waals surface area contributed by atoms with Crippen molar-refractivity contribution < 1.29 is 27.3 Å².